The van der Waals surface area contributed by atoms with Gasteiger partial charge in [0.2, 0.25) is 11.8 Å². The number of nitrogens with zero attached hydrogens (tertiary/aromatic N) is 3. The Morgan fingerprint density at radius 1 is 0.815 bits per heavy atom. The van der Waals surface area contributed by atoms with Crippen LogP contribution in [0.4, 0.5) is 8.78 Å². The number of benzene rings is 4. The standard InChI is InChI=1S/C43H42ClF2N3O5/c1-30-3-12-36(13-4-30)51-24-19-32-5-7-33(8-6-32)28-48-20-22-49(23-21-48)41(50)18-11-35-25-31(2)42(39(44)26-35)54-40-17-16-38(27-47-40)52-29-34-9-14-37(15-10-34)53-43(45)46/h3-18,25-27,43H,19-24,28-29H2,1-2H3. The van der Waals surface area contributed by atoms with Gasteiger partial charge in [0.25, 0.3) is 0 Å². The van der Waals surface area contributed by atoms with E-state index < -0.39 is 6.61 Å². The molecule has 4 aromatic carbocycles. The van der Waals surface area contributed by atoms with E-state index >= 15 is 0 Å². The maximum atomic E-state index is 13.1. The van der Waals surface area contributed by atoms with E-state index in [1.807, 2.05) is 30.0 Å². The van der Waals surface area contributed by atoms with Gasteiger partial charge in [-0.3, -0.25) is 9.69 Å². The van der Waals surface area contributed by atoms with E-state index in [2.05, 4.69) is 57.9 Å². The Balaban J connectivity index is 0.924. The Kier molecular flexibility index (Phi) is 13.1. The zero-order valence-corrected chi connectivity index (χ0v) is 31.0. The average Bonchev–Trinajstić information content (AvgIpc) is 3.17. The first-order valence-electron chi connectivity index (χ1n) is 17.7. The minimum absolute atomic E-state index is 0.0368. The molecule has 0 aliphatic carbocycles. The number of pyridine rings is 1. The summed E-state index contributed by atoms with van der Waals surface area (Å²) >= 11 is 6.61. The summed E-state index contributed by atoms with van der Waals surface area (Å²) in [7, 11) is 0. The van der Waals surface area contributed by atoms with E-state index in [1.165, 1.54) is 35.0 Å². The van der Waals surface area contributed by atoms with Crippen LogP contribution in [-0.4, -0.2) is 60.1 Å². The normalized spacial score (nSPS) is 13.3. The molecule has 1 saturated heterocycles. The van der Waals surface area contributed by atoms with E-state index in [1.54, 1.807) is 42.5 Å². The van der Waals surface area contributed by atoms with Gasteiger partial charge in [-0.25, -0.2) is 4.98 Å². The smallest absolute Gasteiger partial charge is 0.387 e. The monoisotopic (exact) mass is 753 g/mol. The molecule has 1 aliphatic rings. The van der Waals surface area contributed by atoms with Crippen LogP contribution in [0, 0.1) is 13.8 Å². The Morgan fingerprint density at radius 2 is 1.48 bits per heavy atom. The molecule has 1 amide bonds. The summed E-state index contributed by atoms with van der Waals surface area (Å²) in [5.41, 5.74) is 6.06. The molecule has 5 aromatic rings. The summed E-state index contributed by atoms with van der Waals surface area (Å²) in [6.07, 6.45) is 5.74. The highest BCUT2D eigenvalue weighted by Crippen LogP contribution is 2.34. The Labute approximate surface area is 319 Å². The lowest BCUT2D eigenvalue weighted by atomic mass is 10.1. The molecule has 1 aliphatic heterocycles. The fourth-order valence-corrected chi connectivity index (χ4v) is 6.24. The van der Waals surface area contributed by atoms with Gasteiger partial charge in [-0.2, -0.15) is 8.78 Å². The molecule has 0 radical (unpaired) electrons. The van der Waals surface area contributed by atoms with Crippen LogP contribution in [0.15, 0.2) is 109 Å². The molecule has 1 aromatic heterocycles. The summed E-state index contributed by atoms with van der Waals surface area (Å²) in [5, 5.41) is 0.390. The molecule has 0 unspecified atom stereocenters. The molecular weight excluding hydrogens is 712 g/mol. The maximum absolute atomic E-state index is 13.1. The summed E-state index contributed by atoms with van der Waals surface area (Å²) in [6, 6.07) is 30.1. The van der Waals surface area contributed by atoms with Crippen LogP contribution in [0.25, 0.3) is 6.08 Å². The number of piperazine rings is 1. The lowest BCUT2D eigenvalue weighted by Crippen LogP contribution is -2.47. The van der Waals surface area contributed by atoms with Crippen molar-refractivity contribution in [1.29, 1.82) is 0 Å². The predicted molar refractivity (Wildman–Crippen MR) is 206 cm³/mol. The molecule has 1 fully saturated rings. The van der Waals surface area contributed by atoms with Crippen molar-refractivity contribution in [2.75, 3.05) is 32.8 Å². The number of halogens is 3. The fraction of sp³-hybridized carbons (Fsp3) is 0.256. The molecule has 8 nitrogen and oxygen atoms in total. The number of carbonyl (C=O) groups is 1. The second kappa shape index (κ2) is 18.5. The highest BCUT2D eigenvalue weighted by molar-refractivity contribution is 6.32. The van der Waals surface area contributed by atoms with Crippen LogP contribution < -0.4 is 18.9 Å². The number of aromatic nitrogens is 1. The van der Waals surface area contributed by atoms with Crippen molar-refractivity contribution in [3.8, 4) is 28.9 Å². The van der Waals surface area contributed by atoms with E-state index in [0.717, 1.165) is 48.5 Å². The van der Waals surface area contributed by atoms with Gasteiger partial charge in [0.1, 0.15) is 23.9 Å². The average molecular weight is 754 g/mol. The summed E-state index contributed by atoms with van der Waals surface area (Å²) in [6.45, 7) is 5.70. The second-order valence-electron chi connectivity index (χ2n) is 13.1. The van der Waals surface area contributed by atoms with Gasteiger partial charge >= 0.3 is 6.61 Å². The molecule has 0 saturated carbocycles. The third kappa shape index (κ3) is 11.3. The van der Waals surface area contributed by atoms with Crippen molar-refractivity contribution in [3.05, 3.63) is 148 Å². The Morgan fingerprint density at radius 3 is 2.15 bits per heavy atom. The highest BCUT2D eigenvalue weighted by Gasteiger charge is 2.20. The summed E-state index contributed by atoms with van der Waals surface area (Å²) in [5.74, 6) is 2.24. The van der Waals surface area contributed by atoms with Crippen LogP contribution in [0.5, 0.6) is 28.9 Å². The van der Waals surface area contributed by atoms with Crippen LogP contribution in [0.3, 0.4) is 0 Å². The molecule has 2 heterocycles. The van der Waals surface area contributed by atoms with Crippen molar-refractivity contribution < 1.29 is 32.5 Å². The molecule has 280 valence electrons. The molecule has 54 heavy (non-hydrogen) atoms. The zero-order valence-electron chi connectivity index (χ0n) is 30.2. The Hall–Kier alpha value is -5.45. The minimum Gasteiger partial charge on any atom is -0.493 e. The number of rotatable bonds is 15. The molecule has 0 spiro atoms. The number of ether oxygens (including phenoxy) is 4. The number of hydrogen-bond acceptors (Lipinski definition) is 7. The number of amides is 1. The summed E-state index contributed by atoms with van der Waals surface area (Å²) < 4.78 is 46.7. The van der Waals surface area contributed by atoms with E-state index in [-0.39, 0.29) is 18.3 Å². The molecule has 0 bridgehead atoms. The van der Waals surface area contributed by atoms with Crippen molar-refractivity contribution in [1.82, 2.24) is 14.8 Å². The third-order valence-corrected chi connectivity index (χ3v) is 9.21. The van der Waals surface area contributed by atoms with Gasteiger partial charge in [-0.05, 0) is 90.2 Å². The highest BCUT2D eigenvalue weighted by atomic mass is 35.5. The molecule has 0 atom stereocenters. The molecule has 0 N–H and O–H groups in total. The van der Waals surface area contributed by atoms with Gasteiger partial charge < -0.3 is 23.8 Å². The maximum Gasteiger partial charge on any atom is 0.387 e. The first kappa shape index (κ1) is 38.3. The van der Waals surface area contributed by atoms with Gasteiger partial charge in [-0.1, -0.05) is 65.7 Å². The zero-order chi connectivity index (χ0) is 37.9. The van der Waals surface area contributed by atoms with Crippen molar-refractivity contribution in [2.24, 2.45) is 0 Å². The SMILES string of the molecule is Cc1ccc(OCCc2ccc(CN3CCN(C(=O)C=Cc4cc(C)c(Oc5ccc(OCc6ccc(OC(F)F)cc6)cn5)c(Cl)c4)CC3)cc2)cc1. The van der Waals surface area contributed by atoms with Crippen LogP contribution in [0.2, 0.25) is 5.02 Å². The topological polar surface area (TPSA) is 73.4 Å². The van der Waals surface area contributed by atoms with Gasteiger partial charge in [0.15, 0.2) is 5.75 Å². The Bertz CT molecular complexity index is 1980. The first-order chi connectivity index (χ1) is 26.2. The van der Waals surface area contributed by atoms with E-state index in [0.29, 0.717) is 42.1 Å². The van der Waals surface area contributed by atoms with Crippen molar-refractivity contribution >= 4 is 23.6 Å². The predicted octanol–water partition coefficient (Wildman–Crippen LogP) is 9.30. The number of alkyl halides is 2. The second-order valence-corrected chi connectivity index (χ2v) is 13.5. The third-order valence-electron chi connectivity index (χ3n) is 8.93. The largest absolute Gasteiger partial charge is 0.493 e. The molecule has 6 rings (SSSR count). The first-order valence-corrected chi connectivity index (χ1v) is 18.1. The molecule has 11 heteroatoms. The number of aryl methyl sites for hydroxylation is 2. The lowest BCUT2D eigenvalue weighted by molar-refractivity contribution is -0.127. The van der Waals surface area contributed by atoms with Crippen LogP contribution in [-0.2, 0) is 24.4 Å². The summed E-state index contributed by atoms with van der Waals surface area (Å²) in [4.78, 5) is 21.6. The van der Waals surface area contributed by atoms with Crippen LogP contribution in [0.1, 0.15) is 33.4 Å². The van der Waals surface area contributed by atoms with Gasteiger partial charge in [0.05, 0.1) is 17.8 Å². The molecular formula is C43H42ClF2N3O5. The number of hydrogen-bond donors (Lipinski definition) is 0. The van der Waals surface area contributed by atoms with Crippen molar-refractivity contribution in [2.45, 2.75) is 40.0 Å². The number of carbonyl (C=O) groups excluding carboxylic acids is 1. The van der Waals surface area contributed by atoms with Crippen molar-refractivity contribution in [3.63, 3.8) is 0 Å². The lowest BCUT2D eigenvalue weighted by Gasteiger charge is -2.34. The van der Waals surface area contributed by atoms with Crippen LogP contribution >= 0.6 is 11.6 Å². The van der Waals surface area contributed by atoms with Gasteiger partial charge in [0, 0.05) is 51.3 Å². The van der Waals surface area contributed by atoms with Gasteiger partial charge in [-0.15, -0.1) is 0 Å². The minimum atomic E-state index is -2.87. The fourth-order valence-electron chi connectivity index (χ4n) is 5.92. The van der Waals surface area contributed by atoms with E-state index in [9.17, 15) is 13.6 Å². The van der Waals surface area contributed by atoms with E-state index in [4.69, 9.17) is 25.8 Å². The quantitative estimate of drug-likeness (QED) is 0.0988.